The SMILES string of the molecule is N#Cc1cncnc1NCC1CCSCC1. The molecule has 4 nitrogen and oxygen atoms in total. The number of rotatable bonds is 3. The number of nitriles is 1. The molecule has 1 aromatic heterocycles. The van der Waals surface area contributed by atoms with Crippen molar-refractivity contribution >= 4 is 17.6 Å². The quantitative estimate of drug-likeness (QED) is 0.865. The molecule has 0 unspecified atom stereocenters. The van der Waals surface area contributed by atoms with Crippen molar-refractivity contribution in [1.82, 2.24) is 9.97 Å². The smallest absolute Gasteiger partial charge is 0.147 e. The summed E-state index contributed by atoms with van der Waals surface area (Å²) >= 11 is 2.02. The molecule has 0 saturated carbocycles. The molecule has 0 amide bonds. The van der Waals surface area contributed by atoms with Crippen LogP contribution in [-0.4, -0.2) is 28.0 Å². The molecule has 0 aromatic carbocycles. The summed E-state index contributed by atoms with van der Waals surface area (Å²) in [7, 11) is 0. The van der Waals surface area contributed by atoms with Crippen LogP contribution in [0.3, 0.4) is 0 Å². The van der Waals surface area contributed by atoms with Gasteiger partial charge in [-0.15, -0.1) is 0 Å². The first-order valence-electron chi connectivity index (χ1n) is 5.42. The topological polar surface area (TPSA) is 61.6 Å². The molecule has 1 N–H and O–H groups in total. The minimum absolute atomic E-state index is 0.521. The Labute approximate surface area is 99.5 Å². The molecule has 0 radical (unpaired) electrons. The second-order valence-electron chi connectivity index (χ2n) is 3.83. The van der Waals surface area contributed by atoms with E-state index < -0.39 is 0 Å². The molecule has 84 valence electrons. The zero-order chi connectivity index (χ0) is 11.2. The van der Waals surface area contributed by atoms with Gasteiger partial charge in [0.2, 0.25) is 0 Å². The summed E-state index contributed by atoms with van der Waals surface area (Å²) in [6.45, 7) is 0.909. The fraction of sp³-hybridized carbons (Fsp3) is 0.545. The van der Waals surface area contributed by atoms with E-state index in [0.29, 0.717) is 17.3 Å². The van der Waals surface area contributed by atoms with Crippen molar-refractivity contribution in [3.63, 3.8) is 0 Å². The van der Waals surface area contributed by atoms with Crippen LogP contribution < -0.4 is 5.32 Å². The zero-order valence-electron chi connectivity index (χ0n) is 9.02. The largest absolute Gasteiger partial charge is 0.369 e. The van der Waals surface area contributed by atoms with Gasteiger partial charge in [0.15, 0.2) is 0 Å². The third-order valence-electron chi connectivity index (χ3n) is 2.73. The highest BCUT2D eigenvalue weighted by Crippen LogP contribution is 2.23. The molecule has 1 fully saturated rings. The molecule has 0 spiro atoms. The van der Waals surface area contributed by atoms with Crippen molar-refractivity contribution in [2.24, 2.45) is 5.92 Å². The van der Waals surface area contributed by atoms with E-state index in [1.54, 1.807) is 6.20 Å². The zero-order valence-corrected chi connectivity index (χ0v) is 9.83. The first kappa shape index (κ1) is 11.2. The summed E-state index contributed by atoms with van der Waals surface area (Å²) in [5.74, 6) is 3.88. The Kier molecular flexibility index (Phi) is 4.00. The van der Waals surface area contributed by atoms with Crippen LogP contribution in [0.15, 0.2) is 12.5 Å². The van der Waals surface area contributed by atoms with Crippen LogP contribution in [0.25, 0.3) is 0 Å². The molecule has 1 aliphatic rings. The van der Waals surface area contributed by atoms with E-state index in [2.05, 4.69) is 21.4 Å². The predicted molar refractivity (Wildman–Crippen MR) is 65.3 cm³/mol. The second kappa shape index (κ2) is 5.71. The van der Waals surface area contributed by atoms with Crippen molar-refractivity contribution in [3.05, 3.63) is 18.1 Å². The average molecular weight is 234 g/mol. The van der Waals surface area contributed by atoms with Gasteiger partial charge >= 0.3 is 0 Å². The van der Waals surface area contributed by atoms with Gasteiger partial charge in [-0.05, 0) is 30.3 Å². The normalized spacial score (nSPS) is 16.7. The van der Waals surface area contributed by atoms with Crippen molar-refractivity contribution in [2.45, 2.75) is 12.8 Å². The molecule has 16 heavy (non-hydrogen) atoms. The maximum Gasteiger partial charge on any atom is 0.147 e. The first-order chi connectivity index (χ1) is 7.90. The van der Waals surface area contributed by atoms with Gasteiger partial charge in [0.25, 0.3) is 0 Å². The number of thioether (sulfide) groups is 1. The van der Waals surface area contributed by atoms with Crippen LogP contribution in [0.5, 0.6) is 0 Å². The lowest BCUT2D eigenvalue weighted by atomic mass is 10.0. The standard InChI is InChI=1S/C11H14N4S/c12-5-10-7-13-8-15-11(10)14-6-9-1-3-16-4-2-9/h7-9H,1-4,6H2,(H,13,14,15). The number of hydrogen-bond donors (Lipinski definition) is 1. The Morgan fingerprint density at radius 3 is 3.06 bits per heavy atom. The maximum absolute atomic E-state index is 8.88. The van der Waals surface area contributed by atoms with Crippen LogP contribution in [0.4, 0.5) is 5.82 Å². The highest BCUT2D eigenvalue weighted by atomic mass is 32.2. The molecule has 2 heterocycles. The van der Waals surface area contributed by atoms with Gasteiger partial charge in [-0.3, -0.25) is 0 Å². The highest BCUT2D eigenvalue weighted by Gasteiger charge is 2.14. The summed E-state index contributed by atoms with van der Waals surface area (Å²) < 4.78 is 0. The number of nitrogens with zero attached hydrogens (tertiary/aromatic N) is 3. The lowest BCUT2D eigenvalue weighted by Crippen LogP contribution is -2.20. The van der Waals surface area contributed by atoms with Crippen molar-refractivity contribution in [2.75, 3.05) is 23.4 Å². The summed E-state index contributed by atoms with van der Waals surface area (Å²) in [5, 5.41) is 12.1. The molecule has 0 atom stereocenters. The van der Waals surface area contributed by atoms with Gasteiger partial charge in [0.1, 0.15) is 23.8 Å². The van der Waals surface area contributed by atoms with Gasteiger partial charge in [0, 0.05) is 6.54 Å². The van der Waals surface area contributed by atoms with Gasteiger partial charge in [-0.25, -0.2) is 9.97 Å². The molecule has 5 heteroatoms. The van der Waals surface area contributed by atoms with E-state index >= 15 is 0 Å². The fourth-order valence-electron chi connectivity index (χ4n) is 1.74. The maximum atomic E-state index is 8.88. The van der Waals surface area contributed by atoms with Crippen LogP contribution >= 0.6 is 11.8 Å². The minimum atomic E-state index is 0.521. The molecule has 0 bridgehead atoms. The van der Waals surface area contributed by atoms with Crippen LogP contribution in [0, 0.1) is 17.2 Å². The van der Waals surface area contributed by atoms with Crippen LogP contribution in [0.1, 0.15) is 18.4 Å². The Morgan fingerprint density at radius 2 is 2.31 bits per heavy atom. The highest BCUT2D eigenvalue weighted by molar-refractivity contribution is 7.99. The number of aromatic nitrogens is 2. The van der Waals surface area contributed by atoms with Crippen LogP contribution in [-0.2, 0) is 0 Å². The summed E-state index contributed by atoms with van der Waals surface area (Å²) in [6.07, 6.45) is 5.53. The van der Waals surface area contributed by atoms with Gasteiger partial charge in [-0.1, -0.05) is 0 Å². The summed E-state index contributed by atoms with van der Waals surface area (Å²) in [5.41, 5.74) is 0.521. The predicted octanol–water partition coefficient (Wildman–Crippen LogP) is 1.90. The Morgan fingerprint density at radius 1 is 1.50 bits per heavy atom. The number of anilines is 1. The lowest BCUT2D eigenvalue weighted by molar-refractivity contribution is 0.515. The van der Waals surface area contributed by atoms with E-state index in [9.17, 15) is 0 Å². The van der Waals surface area contributed by atoms with Gasteiger partial charge < -0.3 is 5.32 Å². The summed E-state index contributed by atoms with van der Waals surface area (Å²) in [6, 6.07) is 2.09. The van der Waals surface area contributed by atoms with E-state index in [1.165, 1.54) is 30.7 Å². The number of hydrogen-bond acceptors (Lipinski definition) is 5. The third-order valence-corrected chi connectivity index (χ3v) is 3.78. The third kappa shape index (κ3) is 2.86. The fourth-order valence-corrected chi connectivity index (χ4v) is 2.95. The molecule has 0 aliphatic carbocycles. The monoisotopic (exact) mass is 234 g/mol. The van der Waals surface area contributed by atoms with E-state index in [1.807, 2.05) is 11.8 Å². The van der Waals surface area contributed by atoms with E-state index in [4.69, 9.17) is 5.26 Å². The Balaban J connectivity index is 1.91. The second-order valence-corrected chi connectivity index (χ2v) is 5.06. The molecule has 1 aromatic rings. The molecule has 2 rings (SSSR count). The molecule has 1 aliphatic heterocycles. The number of nitrogens with one attached hydrogen (secondary N) is 1. The Hall–Kier alpha value is -1.28. The van der Waals surface area contributed by atoms with Crippen LogP contribution in [0.2, 0.25) is 0 Å². The summed E-state index contributed by atoms with van der Waals surface area (Å²) in [4.78, 5) is 7.92. The minimum Gasteiger partial charge on any atom is -0.369 e. The molecule has 1 saturated heterocycles. The van der Waals surface area contributed by atoms with Crippen molar-refractivity contribution in [1.29, 1.82) is 5.26 Å². The molecular weight excluding hydrogens is 220 g/mol. The molecular formula is C11H14N4S. The van der Waals surface area contributed by atoms with E-state index in [-0.39, 0.29) is 0 Å². The lowest BCUT2D eigenvalue weighted by Gasteiger charge is -2.21. The van der Waals surface area contributed by atoms with Crippen molar-refractivity contribution < 1.29 is 0 Å². The van der Waals surface area contributed by atoms with E-state index in [0.717, 1.165) is 6.54 Å². The van der Waals surface area contributed by atoms with Gasteiger partial charge in [0.05, 0.1) is 6.20 Å². The van der Waals surface area contributed by atoms with Gasteiger partial charge in [-0.2, -0.15) is 17.0 Å². The first-order valence-corrected chi connectivity index (χ1v) is 6.57. The Bertz CT molecular complexity index is 382. The van der Waals surface area contributed by atoms with Crippen molar-refractivity contribution in [3.8, 4) is 6.07 Å². The average Bonchev–Trinajstić information content (AvgIpc) is 2.38.